The number of amides is 1. The summed E-state index contributed by atoms with van der Waals surface area (Å²) < 4.78 is 5.47. The van der Waals surface area contributed by atoms with Crippen LogP contribution in [-0.4, -0.2) is 48.3 Å². The van der Waals surface area contributed by atoms with E-state index in [-0.39, 0.29) is 6.09 Å². The van der Waals surface area contributed by atoms with Crippen LogP contribution in [0.2, 0.25) is 0 Å². The summed E-state index contributed by atoms with van der Waals surface area (Å²) >= 11 is 0. The van der Waals surface area contributed by atoms with Crippen LogP contribution in [0.25, 0.3) is 0 Å². The molecule has 0 saturated carbocycles. The van der Waals surface area contributed by atoms with Crippen LogP contribution in [0.3, 0.4) is 0 Å². The van der Waals surface area contributed by atoms with Crippen LogP contribution >= 0.6 is 0 Å². The summed E-state index contributed by atoms with van der Waals surface area (Å²) in [4.78, 5) is 20.9. The van der Waals surface area contributed by atoms with Crippen molar-refractivity contribution >= 4 is 11.9 Å². The average Bonchev–Trinajstić information content (AvgIpc) is 2.66. The van der Waals surface area contributed by atoms with Crippen molar-refractivity contribution < 1.29 is 9.53 Å². The van der Waals surface area contributed by atoms with Crippen molar-refractivity contribution in [3.63, 3.8) is 0 Å². The van der Waals surface area contributed by atoms with E-state index in [1.807, 2.05) is 27.8 Å². The Bertz CT molecular complexity index is 537. The first-order valence-corrected chi connectivity index (χ1v) is 7.98. The predicted molar refractivity (Wildman–Crippen MR) is 88.4 cm³/mol. The molecule has 0 spiro atoms. The van der Waals surface area contributed by atoms with Crippen LogP contribution < -0.4 is 4.90 Å². The van der Waals surface area contributed by atoms with Crippen LogP contribution in [-0.2, 0) is 17.6 Å². The minimum atomic E-state index is -0.453. The minimum absolute atomic E-state index is 0.230. The largest absolute Gasteiger partial charge is 0.444 e. The number of anilines is 1. The van der Waals surface area contributed by atoms with Crippen LogP contribution in [0.15, 0.2) is 12.1 Å². The second-order valence-corrected chi connectivity index (χ2v) is 6.76. The van der Waals surface area contributed by atoms with Gasteiger partial charge in [-0.2, -0.15) is 0 Å². The van der Waals surface area contributed by atoms with Crippen molar-refractivity contribution in [1.82, 2.24) is 9.88 Å². The van der Waals surface area contributed by atoms with E-state index in [9.17, 15) is 4.79 Å². The Balaban J connectivity index is 2.08. The first-order valence-electron chi connectivity index (χ1n) is 7.98. The van der Waals surface area contributed by atoms with E-state index >= 15 is 0 Å². The number of nitrogens with zero attached hydrogens (tertiary/aromatic N) is 3. The number of aromatic nitrogens is 1. The highest BCUT2D eigenvalue weighted by Crippen LogP contribution is 2.20. The van der Waals surface area contributed by atoms with Gasteiger partial charge in [0.1, 0.15) is 11.4 Å². The summed E-state index contributed by atoms with van der Waals surface area (Å²) in [5.41, 5.74) is 1.88. The zero-order valence-corrected chi connectivity index (χ0v) is 14.3. The van der Waals surface area contributed by atoms with Crippen LogP contribution in [0, 0.1) is 0 Å². The first kappa shape index (κ1) is 16.6. The SMILES string of the molecule is CCN(C)c1ccc2c(n1)CCN(C(=O)OC(C)(C)C)CC2. The third kappa shape index (κ3) is 4.12. The van der Waals surface area contributed by atoms with Gasteiger partial charge in [0.05, 0.1) is 0 Å². The van der Waals surface area contributed by atoms with Crippen molar-refractivity contribution in [2.45, 2.75) is 46.1 Å². The van der Waals surface area contributed by atoms with E-state index in [0.29, 0.717) is 13.1 Å². The second kappa shape index (κ2) is 6.55. The fourth-order valence-corrected chi connectivity index (χ4v) is 2.45. The molecule has 2 heterocycles. The van der Waals surface area contributed by atoms with Crippen molar-refractivity contribution in [1.29, 1.82) is 0 Å². The third-order valence-corrected chi connectivity index (χ3v) is 3.84. The normalized spacial score (nSPS) is 15.0. The van der Waals surface area contributed by atoms with Gasteiger partial charge >= 0.3 is 6.09 Å². The molecule has 1 aliphatic rings. The number of hydrogen-bond acceptors (Lipinski definition) is 4. The monoisotopic (exact) mass is 305 g/mol. The standard InChI is InChI=1S/C17H27N3O2/c1-6-19(5)15-8-7-13-9-11-20(12-10-14(13)18-15)16(21)22-17(2,3)4/h7-8H,6,9-12H2,1-5H3. The molecule has 0 radical (unpaired) electrons. The lowest BCUT2D eigenvalue weighted by molar-refractivity contribution is 0.0258. The van der Waals surface area contributed by atoms with E-state index in [1.165, 1.54) is 5.56 Å². The fraction of sp³-hybridized carbons (Fsp3) is 0.647. The molecular formula is C17H27N3O2. The third-order valence-electron chi connectivity index (χ3n) is 3.84. The van der Waals surface area contributed by atoms with Gasteiger partial charge in [-0.1, -0.05) is 6.07 Å². The molecule has 0 unspecified atom stereocenters. The summed E-state index contributed by atoms with van der Waals surface area (Å²) in [5, 5.41) is 0. The first-order chi connectivity index (χ1) is 10.3. The van der Waals surface area contributed by atoms with Crippen molar-refractivity contribution in [3.05, 3.63) is 23.4 Å². The van der Waals surface area contributed by atoms with Gasteiger partial charge in [0, 0.05) is 38.8 Å². The smallest absolute Gasteiger partial charge is 0.410 e. The summed E-state index contributed by atoms with van der Waals surface area (Å²) in [5.74, 6) is 0.993. The van der Waals surface area contributed by atoms with E-state index < -0.39 is 5.60 Å². The number of pyridine rings is 1. The van der Waals surface area contributed by atoms with Crippen LogP contribution in [0.4, 0.5) is 10.6 Å². The zero-order valence-electron chi connectivity index (χ0n) is 14.3. The number of carbonyl (C=O) groups is 1. The highest BCUT2D eigenvalue weighted by molar-refractivity contribution is 5.68. The molecular weight excluding hydrogens is 278 g/mol. The van der Waals surface area contributed by atoms with E-state index in [1.54, 1.807) is 4.90 Å². The fourth-order valence-electron chi connectivity index (χ4n) is 2.45. The Kier molecular flexibility index (Phi) is 4.94. The van der Waals surface area contributed by atoms with Gasteiger partial charge in [-0.25, -0.2) is 9.78 Å². The van der Waals surface area contributed by atoms with E-state index in [4.69, 9.17) is 9.72 Å². The predicted octanol–water partition coefficient (Wildman–Crippen LogP) is 2.87. The highest BCUT2D eigenvalue weighted by Gasteiger charge is 2.24. The molecule has 0 aromatic carbocycles. The Morgan fingerprint density at radius 3 is 2.64 bits per heavy atom. The molecule has 1 aromatic rings. The molecule has 0 N–H and O–H groups in total. The van der Waals surface area contributed by atoms with Gasteiger partial charge in [-0.15, -0.1) is 0 Å². The number of hydrogen-bond donors (Lipinski definition) is 0. The van der Waals surface area contributed by atoms with Gasteiger partial charge < -0.3 is 14.5 Å². The minimum Gasteiger partial charge on any atom is -0.444 e. The second-order valence-electron chi connectivity index (χ2n) is 6.76. The summed E-state index contributed by atoms with van der Waals surface area (Å²) in [6.45, 7) is 10.1. The lowest BCUT2D eigenvalue weighted by atomic mass is 10.1. The number of ether oxygens (including phenoxy) is 1. The van der Waals surface area contributed by atoms with Gasteiger partial charge in [0.2, 0.25) is 0 Å². The molecule has 0 saturated heterocycles. The van der Waals surface area contributed by atoms with E-state index in [2.05, 4.69) is 24.0 Å². The van der Waals surface area contributed by atoms with Gasteiger partial charge in [0.15, 0.2) is 0 Å². The summed E-state index contributed by atoms with van der Waals surface area (Å²) in [7, 11) is 2.04. The molecule has 0 bridgehead atoms. The van der Waals surface area contributed by atoms with Crippen molar-refractivity contribution in [2.24, 2.45) is 0 Å². The molecule has 1 aliphatic heterocycles. The molecule has 0 atom stereocenters. The summed E-state index contributed by atoms with van der Waals surface area (Å²) in [6, 6.07) is 4.20. The number of rotatable bonds is 2. The lowest BCUT2D eigenvalue weighted by Gasteiger charge is -2.26. The molecule has 2 rings (SSSR count). The number of carbonyl (C=O) groups excluding carboxylic acids is 1. The number of fused-ring (bicyclic) bond motifs is 1. The Hall–Kier alpha value is -1.78. The molecule has 1 amide bonds. The topological polar surface area (TPSA) is 45.7 Å². The van der Waals surface area contributed by atoms with Crippen molar-refractivity contribution in [3.8, 4) is 0 Å². The molecule has 22 heavy (non-hydrogen) atoms. The van der Waals surface area contributed by atoms with Gasteiger partial charge in [-0.05, 0) is 45.7 Å². The summed E-state index contributed by atoms with van der Waals surface area (Å²) in [6.07, 6.45) is 1.38. The van der Waals surface area contributed by atoms with E-state index in [0.717, 1.165) is 30.9 Å². The molecule has 0 fully saturated rings. The molecule has 5 nitrogen and oxygen atoms in total. The lowest BCUT2D eigenvalue weighted by Crippen LogP contribution is -2.38. The molecule has 0 aliphatic carbocycles. The Labute approximate surface area is 133 Å². The molecule has 5 heteroatoms. The van der Waals surface area contributed by atoms with Crippen LogP contribution in [0.1, 0.15) is 39.0 Å². The van der Waals surface area contributed by atoms with Crippen molar-refractivity contribution in [2.75, 3.05) is 31.6 Å². The average molecular weight is 305 g/mol. The zero-order chi connectivity index (χ0) is 16.3. The Morgan fingerprint density at radius 1 is 1.32 bits per heavy atom. The molecule has 1 aromatic heterocycles. The Morgan fingerprint density at radius 2 is 2.00 bits per heavy atom. The van der Waals surface area contributed by atoms with Gasteiger partial charge in [0.25, 0.3) is 0 Å². The quantitative estimate of drug-likeness (QED) is 0.843. The highest BCUT2D eigenvalue weighted by atomic mass is 16.6. The maximum Gasteiger partial charge on any atom is 0.410 e. The maximum absolute atomic E-state index is 12.2. The molecule has 122 valence electrons. The van der Waals surface area contributed by atoms with Gasteiger partial charge in [-0.3, -0.25) is 0 Å². The maximum atomic E-state index is 12.2. The van der Waals surface area contributed by atoms with Crippen LogP contribution in [0.5, 0.6) is 0 Å².